The summed E-state index contributed by atoms with van der Waals surface area (Å²) in [7, 11) is -4.11. The van der Waals surface area contributed by atoms with Gasteiger partial charge < -0.3 is 5.32 Å². The van der Waals surface area contributed by atoms with Crippen molar-refractivity contribution in [1.29, 1.82) is 0 Å². The smallest absolute Gasteiger partial charge is 0.353 e. The van der Waals surface area contributed by atoms with E-state index in [2.05, 4.69) is 10.3 Å². The van der Waals surface area contributed by atoms with Gasteiger partial charge in [-0.25, -0.2) is 8.42 Å². The number of pyridine rings is 1. The van der Waals surface area contributed by atoms with Crippen LogP contribution in [0.3, 0.4) is 0 Å². The molecule has 1 aliphatic rings. The van der Waals surface area contributed by atoms with Crippen LogP contribution < -0.4 is 5.32 Å². The van der Waals surface area contributed by atoms with Gasteiger partial charge in [-0.05, 0) is 18.1 Å². The number of carbonyl (C=O) groups is 1. The van der Waals surface area contributed by atoms with Crippen LogP contribution in [-0.4, -0.2) is 42.7 Å². The average molecular weight is 351 g/mol. The number of nitrogens with zero attached hydrogens (tertiary/aromatic N) is 2. The van der Waals surface area contributed by atoms with Crippen LogP contribution in [-0.2, 0) is 21.0 Å². The molecule has 0 unspecified atom stereocenters. The molecule has 1 atom stereocenters. The summed E-state index contributed by atoms with van der Waals surface area (Å²) in [4.78, 5) is 14.7. The summed E-state index contributed by atoms with van der Waals surface area (Å²) < 4.78 is 63.8. The van der Waals surface area contributed by atoms with Crippen molar-refractivity contribution in [2.24, 2.45) is 5.92 Å². The number of hydrogen-bond acceptors (Lipinski definition) is 4. The van der Waals surface area contributed by atoms with Crippen molar-refractivity contribution in [3.63, 3.8) is 0 Å². The number of aromatic nitrogens is 1. The van der Waals surface area contributed by atoms with Crippen LogP contribution in [0.1, 0.15) is 19.5 Å². The number of rotatable bonds is 3. The van der Waals surface area contributed by atoms with E-state index in [1.54, 1.807) is 13.8 Å². The number of piperazine rings is 1. The van der Waals surface area contributed by atoms with Crippen LogP contribution in [0.25, 0.3) is 0 Å². The lowest BCUT2D eigenvalue weighted by Crippen LogP contribution is -2.59. The molecule has 2 rings (SSSR count). The summed E-state index contributed by atoms with van der Waals surface area (Å²) >= 11 is 0. The molecule has 1 fully saturated rings. The number of carbonyl (C=O) groups excluding carboxylic acids is 1. The maximum atomic E-state index is 12.6. The Kier molecular flexibility index (Phi) is 4.67. The van der Waals surface area contributed by atoms with Gasteiger partial charge in [0.25, 0.3) is 0 Å². The second kappa shape index (κ2) is 6.08. The highest BCUT2D eigenvalue weighted by atomic mass is 32.2. The van der Waals surface area contributed by atoms with Gasteiger partial charge in [-0.2, -0.15) is 17.5 Å². The number of halogens is 3. The molecule has 2 heterocycles. The van der Waals surface area contributed by atoms with Gasteiger partial charge >= 0.3 is 6.18 Å². The molecule has 0 spiro atoms. The maximum absolute atomic E-state index is 12.6. The molecule has 1 saturated heterocycles. The summed E-state index contributed by atoms with van der Waals surface area (Å²) in [6, 6.07) is 0.562. The van der Waals surface area contributed by atoms with Gasteiger partial charge in [0, 0.05) is 19.3 Å². The lowest BCUT2D eigenvalue weighted by Gasteiger charge is -2.36. The Morgan fingerprint density at radius 1 is 1.35 bits per heavy atom. The van der Waals surface area contributed by atoms with Crippen molar-refractivity contribution in [1.82, 2.24) is 14.6 Å². The molecule has 0 saturated carbocycles. The molecule has 23 heavy (non-hydrogen) atoms. The fourth-order valence-electron chi connectivity index (χ4n) is 2.40. The van der Waals surface area contributed by atoms with Crippen LogP contribution in [0.5, 0.6) is 0 Å². The molecule has 128 valence electrons. The van der Waals surface area contributed by atoms with Gasteiger partial charge in [0.2, 0.25) is 15.9 Å². The Hall–Kier alpha value is -1.68. The van der Waals surface area contributed by atoms with E-state index in [0.29, 0.717) is 12.3 Å². The molecule has 1 aliphatic heterocycles. The topological polar surface area (TPSA) is 79.4 Å². The first-order valence-corrected chi connectivity index (χ1v) is 8.32. The Morgan fingerprint density at radius 3 is 2.48 bits per heavy atom. The first-order valence-electron chi connectivity index (χ1n) is 6.88. The largest absolute Gasteiger partial charge is 0.433 e. The van der Waals surface area contributed by atoms with Crippen LogP contribution in [0.4, 0.5) is 13.2 Å². The predicted octanol–water partition coefficient (Wildman–Crippen LogP) is 1.25. The Labute approximate surface area is 131 Å². The van der Waals surface area contributed by atoms with E-state index in [0.717, 1.165) is 10.4 Å². The number of nitrogens with one attached hydrogen (secondary N) is 1. The van der Waals surface area contributed by atoms with Gasteiger partial charge in [-0.15, -0.1) is 0 Å². The van der Waals surface area contributed by atoms with E-state index in [9.17, 15) is 26.4 Å². The van der Waals surface area contributed by atoms with Crippen molar-refractivity contribution < 1.29 is 26.4 Å². The third-order valence-corrected chi connectivity index (χ3v) is 5.34. The van der Waals surface area contributed by atoms with Crippen molar-refractivity contribution in [3.05, 3.63) is 24.0 Å². The summed E-state index contributed by atoms with van der Waals surface area (Å²) in [5, 5.41) is 2.59. The van der Waals surface area contributed by atoms with Gasteiger partial charge in [0.1, 0.15) is 16.6 Å². The number of alkyl halides is 3. The zero-order valence-electron chi connectivity index (χ0n) is 12.5. The molecule has 1 amide bonds. The zero-order valence-corrected chi connectivity index (χ0v) is 13.3. The minimum atomic E-state index is -4.65. The van der Waals surface area contributed by atoms with Crippen LogP contribution in [0.15, 0.2) is 23.2 Å². The summed E-state index contributed by atoms with van der Waals surface area (Å²) in [5.41, 5.74) is -1.17. The summed E-state index contributed by atoms with van der Waals surface area (Å²) in [5.74, 6) is -0.706. The molecule has 1 aromatic heterocycles. The monoisotopic (exact) mass is 351 g/mol. The summed E-state index contributed by atoms with van der Waals surface area (Å²) in [6.45, 7) is 3.60. The van der Waals surface area contributed by atoms with Crippen molar-refractivity contribution in [3.8, 4) is 0 Å². The van der Waals surface area contributed by atoms with E-state index < -0.39 is 33.8 Å². The highest BCUT2D eigenvalue weighted by Crippen LogP contribution is 2.29. The van der Waals surface area contributed by atoms with Gasteiger partial charge in [-0.3, -0.25) is 9.78 Å². The third kappa shape index (κ3) is 3.47. The molecule has 6 nitrogen and oxygen atoms in total. The van der Waals surface area contributed by atoms with E-state index in [-0.39, 0.29) is 23.9 Å². The highest BCUT2D eigenvalue weighted by molar-refractivity contribution is 7.89. The van der Waals surface area contributed by atoms with E-state index in [1.807, 2.05) is 0 Å². The molecule has 1 N–H and O–H groups in total. The second-order valence-corrected chi connectivity index (χ2v) is 7.36. The lowest BCUT2D eigenvalue weighted by atomic mass is 10.0. The maximum Gasteiger partial charge on any atom is 0.433 e. The fraction of sp³-hybridized carbons (Fsp3) is 0.538. The second-order valence-electron chi connectivity index (χ2n) is 5.47. The van der Waals surface area contributed by atoms with Gasteiger partial charge in [0.05, 0.1) is 0 Å². The molecule has 0 aromatic carbocycles. The number of amides is 1. The first-order chi connectivity index (χ1) is 10.5. The first kappa shape index (κ1) is 17.7. The van der Waals surface area contributed by atoms with Gasteiger partial charge in [-0.1, -0.05) is 13.8 Å². The minimum absolute atomic E-state index is 0.0535. The molecule has 0 aliphatic carbocycles. The summed E-state index contributed by atoms with van der Waals surface area (Å²) in [6.07, 6.45) is -3.98. The van der Waals surface area contributed by atoms with Crippen LogP contribution in [0, 0.1) is 5.92 Å². The zero-order chi connectivity index (χ0) is 17.4. The Morgan fingerprint density at radius 2 is 2.00 bits per heavy atom. The molecule has 0 radical (unpaired) electrons. The van der Waals surface area contributed by atoms with E-state index >= 15 is 0 Å². The Bertz CT molecular complexity index is 687. The molecule has 0 bridgehead atoms. The molecule has 10 heteroatoms. The molecular weight excluding hydrogens is 335 g/mol. The third-order valence-electron chi connectivity index (χ3n) is 3.48. The normalized spacial score (nSPS) is 20.6. The van der Waals surface area contributed by atoms with Crippen LogP contribution >= 0.6 is 0 Å². The lowest BCUT2D eigenvalue weighted by molar-refractivity contribution is -0.141. The SMILES string of the molecule is CC(C)[C@@H]1C(=O)NCCN1S(=O)(=O)c1ccc(C(F)(F)F)nc1. The van der Waals surface area contributed by atoms with Crippen molar-refractivity contribution in [2.75, 3.05) is 13.1 Å². The predicted molar refractivity (Wildman–Crippen MR) is 74.8 cm³/mol. The quantitative estimate of drug-likeness (QED) is 0.889. The van der Waals surface area contributed by atoms with E-state index in [1.165, 1.54) is 0 Å². The van der Waals surface area contributed by atoms with E-state index in [4.69, 9.17) is 0 Å². The standard InChI is InChI=1S/C13H16F3N3O3S/c1-8(2)11-12(20)17-5-6-19(11)23(21,22)9-3-4-10(18-7-9)13(14,15)16/h3-4,7-8,11H,5-6H2,1-2H3,(H,17,20)/t11-/m1/s1. The Balaban J connectivity index is 2.38. The molecule has 1 aromatic rings. The molecular formula is C13H16F3N3O3S. The van der Waals surface area contributed by atoms with Crippen molar-refractivity contribution >= 4 is 15.9 Å². The van der Waals surface area contributed by atoms with Gasteiger partial charge in [0.15, 0.2) is 0 Å². The minimum Gasteiger partial charge on any atom is -0.353 e. The average Bonchev–Trinajstić information content (AvgIpc) is 2.45. The number of hydrogen-bond donors (Lipinski definition) is 1. The van der Waals surface area contributed by atoms with Crippen LogP contribution in [0.2, 0.25) is 0 Å². The van der Waals surface area contributed by atoms with Crippen molar-refractivity contribution in [2.45, 2.75) is 31.0 Å². The fourth-order valence-corrected chi connectivity index (χ4v) is 4.07. The highest BCUT2D eigenvalue weighted by Gasteiger charge is 2.40. The number of sulfonamides is 1.